The summed E-state index contributed by atoms with van der Waals surface area (Å²) in [5.41, 5.74) is 1.72. The van der Waals surface area contributed by atoms with E-state index in [1.54, 1.807) is 0 Å². The Hall–Kier alpha value is -2.92. The van der Waals surface area contributed by atoms with Crippen LogP contribution in [0.2, 0.25) is 0 Å². The lowest BCUT2D eigenvalue weighted by Crippen LogP contribution is -2.35. The van der Waals surface area contributed by atoms with Crippen LogP contribution in [0.15, 0.2) is 66.7 Å². The number of hydrogen-bond donors (Lipinski definition) is 2. The molecule has 0 radical (unpaired) electrons. The molecule has 4 nitrogen and oxygen atoms in total. The fourth-order valence-corrected chi connectivity index (χ4v) is 3.19. The topological polar surface area (TPSA) is 50.4 Å². The maximum atomic E-state index is 12.5. The van der Waals surface area contributed by atoms with Gasteiger partial charge < -0.3 is 15.4 Å². The number of hydrogen-bond acceptors (Lipinski definition) is 3. The minimum absolute atomic E-state index is 0.154. The van der Waals surface area contributed by atoms with E-state index in [1.165, 1.54) is 0 Å². The van der Waals surface area contributed by atoms with Gasteiger partial charge in [0.05, 0.1) is 18.7 Å². The van der Waals surface area contributed by atoms with Crippen LogP contribution in [0, 0.1) is 0 Å². The van der Waals surface area contributed by atoms with Gasteiger partial charge >= 0.3 is 0 Å². The second-order valence-electron chi connectivity index (χ2n) is 6.52. The number of amides is 1. The Morgan fingerprint density at radius 2 is 1.75 bits per heavy atom. The van der Waals surface area contributed by atoms with Crippen LogP contribution in [0.1, 0.15) is 25.3 Å². The van der Waals surface area contributed by atoms with Crippen molar-refractivity contribution in [1.29, 1.82) is 0 Å². The molecule has 0 atom stereocenters. The molecule has 0 saturated heterocycles. The number of para-hydroxylation sites is 2. The summed E-state index contributed by atoms with van der Waals surface area (Å²) in [4.78, 5) is 12.5. The number of rotatable bonds is 7. The molecule has 0 aliphatic carbocycles. The van der Waals surface area contributed by atoms with Gasteiger partial charge in [-0.1, -0.05) is 67.9 Å². The van der Waals surface area contributed by atoms with Gasteiger partial charge in [-0.15, -0.1) is 0 Å². The van der Waals surface area contributed by atoms with E-state index in [4.69, 9.17) is 17.0 Å². The number of thiocarbonyl (C=S) groups is 1. The summed E-state index contributed by atoms with van der Waals surface area (Å²) in [6.07, 6.45) is 2.32. The molecule has 0 spiro atoms. The summed E-state index contributed by atoms with van der Waals surface area (Å²) < 4.78 is 5.79. The van der Waals surface area contributed by atoms with Gasteiger partial charge in [0.25, 0.3) is 0 Å². The Morgan fingerprint density at radius 3 is 2.61 bits per heavy atom. The molecule has 28 heavy (non-hydrogen) atoms. The van der Waals surface area contributed by atoms with Gasteiger partial charge in [0, 0.05) is 0 Å². The molecule has 0 aliphatic heterocycles. The van der Waals surface area contributed by atoms with E-state index in [9.17, 15) is 4.79 Å². The first-order chi connectivity index (χ1) is 13.7. The van der Waals surface area contributed by atoms with E-state index in [0.29, 0.717) is 6.61 Å². The molecule has 3 aromatic carbocycles. The third-order valence-electron chi connectivity index (χ3n) is 4.37. The minimum Gasteiger partial charge on any atom is -0.491 e. The first kappa shape index (κ1) is 19.8. The monoisotopic (exact) mass is 392 g/mol. The Bertz CT molecular complexity index is 966. The van der Waals surface area contributed by atoms with Crippen LogP contribution < -0.4 is 15.4 Å². The van der Waals surface area contributed by atoms with Crippen molar-refractivity contribution < 1.29 is 9.53 Å². The molecule has 0 aromatic heterocycles. The first-order valence-corrected chi connectivity index (χ1v) is 9.87. The van der Waals surface area contributed by atoms with Gasteiger partial charge in [0.2, 0.25) is 5.91 Å². The molecular formula is C23H24N2O2S. The van der Waals surface area contributed by atoms with Crippen molar-refractivity contribution in [2.24, 2.45) is 0 Å². The molecule has 0 fully saturated rings. The largest absolute Gasteiger partial charge is 0.491 e. The van der Waals surface area contributed by atoms with E-state index in [-0.39, 0.29) is 17.4 Å². The zero-order chi connectivity index (χ0) is 19.8. The molecule has 0 aliphatic rings. The van der Waals surface area contributed by atoms with E-state index < -0.39 is 0 Å². The number of anilines is 1. The highest BCUT2D eigenvalue weighted by atomic mass is 32.1. The lowest BCUT2D eigenvalue weighted by atomic mass is 10.0. The van der Waals surface area contributed by atoms with Crippen molar-refractivity contribution in [3.8, 4) is 5.75 Å². The highest BCUT2D eigenvalue weighted by Crippen LogP contribution is 2.24. The number of unbranched alkanes of at least 4 members (excludes halogenated alkanes) is 1. The number of carbonyl (C=O) groups is 1. The summed E-state index contributed by atoms with van der Waals surface area (Å²) in [6, 6.07) is 21.6. The number of benzene rings is 3. The molecule has 0 saturated carbocycles. The minimum atomic E-state index is -0.154. The summed E-state index contributed by atoms with van der Waals surface area (Å²) in [5, 5.41) is 8.28. The lowest BCUT2D eigenvalue weighted by Gasteiger charge is -2.14. The smallest absolute Gasteiger partial charge is 0.230 e. The fourth-order valence-electron chi connectivity index (χ4n) is 2.97. The molecule has 0 bridgehead atoms. The van der Waals surface area contributed by atoms with Crippen molar-refractivity contribution in [2.75, 3.05) is 11.9 Å². The second-order valence-corrected chi connectivity index (χ2v) is 6.92. The molecule has 0 unspecified atom stereocenters. The summed E-state index contributed by atoms with van der Waals surface area (Å²) in [6.45, 7) is 2.77. The van der Waals surface area contributed by atoms with Crippen LogP contribution in [-0.2, 0) is 11.2 Å². The highest BCUT2D eigenvalue weighted by molar-refractivity contribution is 7.80. The maximum absolute atomic E-state index is 12.5. The van der Waals surface area contributed by atoms with Crippen LogP contribution in [0.4, 0.5) is 5.69 Å². The standard InChI is InChI=1S/C23H24N2O2S/c1-2-3-15-27-21-14-7-6-13-20(21)24-23(28)25-22(26)16-18-11-8-10-17-9-4-5-12-19(17)18/h4-14H,2-3,15-16H2,1H3,(H2,24,25,26,28). The molecule has 1 amide bonds. The Morgan fingerprint density at radius 1 is 1.00 bits per heavy atom. The SMILES string of the molecule is CCCCOc1ccccc1NC(=S)NC(=O)Cc1cccc2ccccc12. The van der Waals surface area contributed by atoms with E-state index in [1.807, 2.05) is 66.7 Å². The zero-order valence-electron chi connectivity index (χ0n) is 15.9. The molecule has 144 valence electrons. The summed E-state index contributed by atoms with van der Waals surface area (Å²) in [5.74, 6) is 0.569. The third kappa shape index (κ3) is 5.30. The van der Waals surface area contributed by atoms with Crippen LogP contribution >= 0.6 is 12.2 Å². The van der Waals surface area contributed by atoms with E-state index in [0.717, 1.165) is 40.6 Å². The predicted molar refractivity (Wildman–Crippen MR) is 119 cm³/mol. The number of carbonyl (C=O) groups excluding carboxylic acids is 1. The quantitative estimate of drug-likeness (QED) is 0.435. The van der Waals surface area contributed by atoms with Gasteiger partial charge in [-0.05, 0) is 47.1 Å². The van der Waals surface area contributed by atoms with Gasteiger partial charge in [0.1, 0.15) is 5.75 Å². The van der Waals surface area contributed by atoms with Crippen LogP contribution in [0.5, 0.6) is 5.75 Å². The van der Waals surface area contributed by atoms with E-state index in [2.05, 4.69) is 17.6 Å². The fraction of sp³-hybridized carbons (Fsp3) is 0.217. The summed E-state index contributed by atoms with van der Waals surface area (Å²) in [7, 11) is 0. The van der Waals surface area contributed by atoms with Gasteiger partial charge in [0.15, 0.2) is 5.11 Å². The van der Waals surface area contributed by atoms with Crippen molar-refractivity contribution in [2.45, 2.75) is 26.2 Å². The van der Waals surface area contributed by atoms with Crippen molar-refractivity contribution in [1.82, 2.24) is 5.32 Å². The molecule has 2 N–H and O–H groups in total. The predicted octanol–water partition coefficient (Wildman–Crippen LogP) is 5.07. The van der Waals surface area contributed by atoms with Crippen LogP contribution in [0.3, 0.4) is 0 Å². The van der Waals surface area contributed by atoms with Gasteiger partial charge in [-0.3, -0.25) is 4.79 Å². The average molecular weight is 393 g/mol. The zero-order valence-corrected chi connectivity index (χ0v) is 16.7. The van der Waals surface area contributed by atoms with Crippen LogP contribution in [0.25, 0.3) is 10.8 Å². The first-order valence-electron chi connectivity index (χ1n) is 9.46. The summed E-state index contributed by atoms with van der Waals surface area (Å²) >= 11 is 5.32. The number of ether oxygens (including phenoxy) is 1. The van der Waals surface area contributed by atoms with Gasteiger partial charge in [-0.2, -0.15) is 0 Å². The maximum Gasteiger partial charge on any atom is 0.230 e. The highest BCUT2D eigenvalue weighted by Gasteiger charge is 2.10. The normalized spacial score (nSPS) is 10.5. The second kappa shape index (κ2) is 9.85. The molecule has 3 rings (SSSR count). The Labute approximate surface area is 170 Å². The van der Waals surface area contributed by atoms with E-state index >= 15 is 0 Å². The van der Waals surface area contributed by atoms with Crippen molar-refractivity contribution in [3.63, 3.8) is 0 Å². The third-order valence-corrected chi connectivity index (χ3v) is 4.58. The Balaban J connectivity index is 1.61. The molecule has 0 heterocycles. The molecule has 5 heteroatoms. The molecular weight excluding hydrogens is 368 g/mol. The number of fused-ring (bicyclic) bond motifs is 1. The molecule has 3 aromatic rings. The number of nitrogens with one attached hydrogen (secondary N) is 2. The average Bonchev–Trinajstić information content (AvgIpc) is 2.69. The lowest BCUT2D eigenvalue weighted by molar-refractivity contribution is -0.119. The van der Waals surface area contributed by atoms with Crippen molar-refractivity contribution >= 4 is 39.7 Å². The van der Waals surface area contributed by atoms with Crippen molar-refractivity contribution in [3.05, 3.63) is 72.3 Å². The van der Waals surface area contributed by atoms with Crippen LogP contribution in [-0.4, -0.2) is 17.6 Å². The Kier molecular flexibility index (Phi) is 6.98. The van der Waals surface area contributed by atoms with Gasteiger partial charge in [-0.25, -0.2) is 0 Å².